The van der Waals surface area contributed by atoms with Gasteiger partial charge in [-0.15, -0.1) is 11.3 Å². The van der Waals surface area contributed by atoms with Crippen LogP contribution in [0.15, 0.2) is 47.8 Å². The Hall–Kier alpha value is -2.37. The van der Waals surface area contributed by atoms with Crippen molar-refractivity contribution in [2.75, 3.05) is 5.32 Å². The number of aryl methyl sites for hydroxylation is 1. The van der Waals surface area contributed by atoms with Gasteiger partial charge in [0.25, 0.3) is 0 Å². The summed E-state index contributed by atoms with van der Waals surface area (Å²) in [5.41, 5.74) is 3.85. The first-order valence-electron chi connectivity index (χ1n) is 7.29. The molecule has 3 rings (SSSR count). The fourth-order valence-corrected chi connectivity index (χ4v) is 3.07. The summed E-state index contributed by atoms with van der Waals surface area (Å²) in [7, 11) is 0. The highest BCUT2D eigenvalue weighted by Gasteiger charge is 2.07. The van der Waals surface area contributed by atoms with Gasteiger partial charge >= 0.3 is 5.97 Å². The normalized spacial score (nSPS) is 10.5. The van der Waals surface area contributed by atoms with Gasteiger partial charge in [0, 0.05) is 28.6 Å². The summed E-state index contributed by atoms with van der Waals surface area (Å²) in [6.45, 7) is 3.39. The molecule has 1 N–H and O–H groups in total. The second-order valence-electron chi connectivity index (χ2n) is 5.24. The summed E-state index contributed by atoms with van der Waals surface area (Å²) in [6.07, 6.45) is 0. The summed E-state index contributed by atoms with van der Waals surface area (Å²) in [6, 6.07) is 13.0. The molecule has 24 heavy (non-hydrogen) atoms. The molecule has 3 aromatic rings. The number of carbonyl (C=O) groups excluding carboxylic acids is 1. The van der Waals surface area contributed by atoms with Crippen LogP contribution in [0.5, 0.6) is 5.75 Å². The van der Waals surface area contributed by atoms with Crippen molar-refractivity contribution in [2.24, 2.45) is 0 Å². The van der Waals surface area contributed by atoms with E-state index in [9.17, 15) is 4.79 Å². The molecule has 122 valence electrons. The van der Waals surface area contributed by atoms with Crippen LogP contribution in [-0.4, -0.2) is 11.0 Å². The van der Waals surface area contributed by atoms with Crippen LogP contribution in [0.25, 0.3) is 11.3 Å². The Morgan fingerprint density at radius 3 is 2.67 bits per heavy atom. The number of carbonyl (C=O) groups is 1. The Morgan fingerprint density at radius 1 is 1.21 bits per heavy atom. The van der Waals surface area contributed by atoms with Gasteiger partial charge in [0.15, 0.2) is 5.13 Å². The molecule has 0 atom stereocenters. The van der Waals surface area contributed by atoms with Gasteiger partial charge in [0.1, 0.15) is 5.75 Å². The van der Waals surface area contributed by atoms with Crippen molar-refractivity contribution in [1.82, 2.24) is 4.98 Å². The van der Waals surface area contributed by atoms with E-state index in [1.54, 1.807) is 12.1 Å². The molecule has 2 aromatic carbocycles. The van der Waals surface area contributed by atoms with Crippen LogP contribution >= 0.6 is 22.9 Å². The number of anilines is 2. The molecule has 0 unspecified atom stereocenters. The maximum atomic E-state index is 10.9. The standard InChI is InChI=1S/C18H15ClN2O2S/c1-11-3-6-14(19)9-16(11)20-18-21-17(10-24-18)13-4-7-15(8-5-13)23-12(2)22/h3-10H,1-2H3,(H,20,21). The van der Waals surface area contributed by atoms with E-state index in [2.05, 4.69) is 10.3 Å². The van der Waals surface area contributed by atoms with Gasteiger partial charge in [-0.1, -0.05) is 17.7 Å². The lowest BCUT2D eigenvalue weighted by molar-refractivity contribution is -0.131. The molecule has 0 aliphatic heterocycles. The fraction of sp³-hybridized carbons (Fsp3) is 0.111. The van der Waals surface area contributed by atoms with Crippen LogP contribution in [0.1, 0.15) is 12.5 Å². The number of halogens is 1. The predicted octanol–water partition coefficient (Wildman–Crippen LogP) is 5.44. The molecule has 0 aliphatic carbocycles. The Morgan fingerprint density at radius 2 is 1.96 bits per heavy atom. The van der Waals surface area contributed by atoms with E-state index in [0.717, 1.165) is 27.6 Å². The average Bonchev–Trinajstić information content (AvgIpc) is 3.00. The topological polar surface area (TPSA) is 51.2 Å². The van der Waals surface area contributed by atoms with Crippen LogP contribution in [0.2, 0.25) is 5.02 Å². The lowest BCUT2D eigenvalue weighted by Gasteiger charge is -2.06. The van der Waals surface area contributed by atoms with Gasteiger partial charge in [-0.05, 0) is 48.9 Å². The lowest BCUT2D eigenvalue weighted by atomic mass is 10.2. The lowest BCUT2D eigenvalue weighted by Crippen LogP contribution is -2.00. The summed E-state index contributed by atoms with van der Waals surface area (Å²) in [4.78, 5) is 15.5. The minimum absolute atomic E-state index is 0.334. The third kappa shape index (κ3) is 3.93. The molecule has 0 aliphatic rings. The van der Waals surface area contributed by atoms with Crippen molar-refractivity contribution in [1.29, 1.82) is 0 Å². The second-order valence-corrected chi connectivity index (χ2v) is 6.53. The molecule has 1 heterocycles. The van der Waals surface area contributed by atoms with Gasteiger partial charge in [-0.3, -0.25) is 4.79 Å². The monoisotopic (exact) mass is 358 g/mol. The Labute approximate surface area is 149 Å². The molecule has 0 amide bonds. The zero-order valence-corrected chi connectivity index (χ0v) is 14.7. The molecule has 0 saturated heterocycles. The zero-order valence-electron chi connectivity index (χ0n) is 13.2. The SMILES string of the molecule is CC(=O)Oc1ccc(-c2csc(Nc3cc(Cl)ccc3C)n2)cc1. The Balaban J connectivity index is 1.78. The third-order valence-corrected chi connectivity index (χ3v) is 4.35. The number of aromatic nitrogens is 1. The first kappa shape index (κ1) is 16.5. The van der Waals surface area contributed by atoms with Gasteiger partial charge in [0.2, 0.25) is 0 Å². The molecule has 0 fully saturated rings. The quantitative estimate of drug-likeness (QED) is 0.498. The highest BCUT2D eigenvalue weighted by atomic mass is 35.5. The number of benzene rings is 2. The fourth-order valence-electron chi connectivity index (χ4n) is 2.17. The molecular weight excluding hydrogens is 344 g/mol. The predicted molar refractivity (Wildman–Crippen MR) is 98.3 cm³/mol. The molecule has 0 bridgehead atoms. The largest absolute Gasteiger partial charge is 0.427 e. The average molecular weight is 359 g/mol. The van der Waals surface area contributed by atoms with E-state index in [0.29, 0.717) is 10.8 Å². The Bertz CT molecular complexity index is 875. The first-order valence-corrected chi connectivity index (χ1v) is 8.54. The second kappa shape index (κ2) is 7.03. The molecule has 0 radical (unpaired) electrons. The number of nitrogens with one attached hydrogen (secondary N) is 1. The number of thiazole rings is 1. The molecular formula is C18H15ClN2O2S. The van der Waals surface area contributed by atoms with Crippen LogP contribution in [-0.2, 0) is 4.79 Å². The molecule has 0 spiro atoms. The molecule has 0 saturated carbocycles. The van der Waals surface area contributed by atoms with Crippen LogP contribution in [0.4, 0.5) is 10.8 Å². The van der Waals surface area contributed by atoms with Crippen LogP contribution in [0, 0.1) is 6.92 Å². The number of rotatable bonds is 4. The maximum absolute atomic E-state index is 10.9. The van der Waals surface area contributed by atoms with E-state index < -0.39 is 0 Å². The van der Waals surface area contributed by atoms with Crippen LogP contribution in [0.3, 0.4) is 0 Å². The number of nitrogens with zero attached hydrogens (tertiary/aromatic N) is 1. The smallest absolute Gasteiger partial charge is 0.308 e. The summed E-state index contributed by atoms with van der Waals surface area (Å²) in [5, 5.41) is 6.74. The molecule has 6 heteroatoms. The van der Waals surface area contributed by atoms with Gasteiger partial charge in [-0.25, -0.2) is 4.98 Å². The summed E-state index contributed by atoms with van der Waals surface area (Å²) < 4.78 is 5.03. The number of hydrogen-bond acceptors (Lipinski definition) is 5. The van der Waals surface area contributed by atoms with Crippen molar-refractivity contribution in [2.45, 2.75) is 13.8 Å². The minimum atomic E-state index is -0.334. The van der Waals surface area contributed by atoms with E-state index in [4.69, 9.17) is 16.3 Å². The van der Waals surface area contributed by atoms with E-state index in [1.165, 1.54) is 18.3 Å². The minimum Gasteiger partial charge on any atom is -0.427 e. The van der Waals surface area contributed by atoms with E-state index in [-0.39, 0.29) is 5.97 Å². The highest BCUT2D eigenvalue weighted by molar-refractivity contribution is 7.14. The third-order valence-electron chi connectivity index (χ3n) is 3.36. The zero-order chi connectivity index (χ0) is 17.1. The molecule has 4 nitrogen and oxygen atoms in total. The van der Waals surface area contributed by atoms with Gasteiger partial charge < -0.3 is 10.1 Å². The number of ether oxygens (including phenoxy) is 1. The summed E-state index contributed by atoms with van der Waals surface area (Å²) >= 11 is 7.56. The van der Waals surface area contributed by atoms with E-state index in [1.807, 2.05) is 42.6 Å². The van der Waals surface area contributed by atoms with Crippen molar-refractivity contribution in [3.8, 4) is 17.0 Å². The number of esters is 1. The van der Waals surface area contributed by atoms with Crippen molar-refractivity contribution < 1.29 is 9.53 Å². The van der Waals surface area contributed by atoms with Gasteiger partial charge in [-0.2, -0.15) is 0 Å². The first-order chi connectivity index (χ1) is 11.5. The van der Waals surface area contributed by atoms with Crippen LogP contribution < -0.4 is 10.1 Å². The number of hydrogen-bond donors (Lipinski definition) is 1. The van der Waals surface area contributed by atoms with Gasteiger partial charge in [0.05, 0.1) is 5.69 Å². The van der Waals surface area contributed by atoms with Crippen molar-refractivity contribution >= 4 is 39.7 Å². The van der Waals surface area contributed by atoms with Crippen molar-refractivity contribution in [3.63, 3.8) is 0 Å². The summed E-state index contributed by atoms with van der Waals surface area (Å²) in [5.74, 6) is 0.189. The maximum Gasteiger partial charge on any atom is 0.308 e. The van der Waals surface area contributed by atoms with Crippen molar-refractivity contribution in [3.05, 3.63) is 58.4 Å². The molecule has 1 aromatic heterocycles. The van der Waals surface area contributed by atoms with E-state index >= 15 is 0 Å². The Kier molecular flexibility index (Phi) is 4.83. The highest BCUT2D eigenvalue weighted by Crippen LogP contribution is 2.30.